The number of phenolic OH excluding ortho intramolecular Hbond substituents is 1. The number of allylic oxidation sites excluding steroid dienone is 7. The lowest BCUT2D eigenvalue weighted by molar-refractivity contribution is -0.139. The molecule has 1 N–H and O–H groups in total. The summed E-state index contributed by atoms with van der Waals surface area (Å²) in [6.45, 7) is 3.75. The second kappa shape index (κ2) is 7.63. The Bertz CT molecular complexity index is 1360. The van der Waals surface area contributed by atoms with Crippen LogP contribution in [0.5, 0.6) is 11.5 Å². The second-order valence-corrected chi connectivity index (χ2v) is 9.93. The number of imide groups is 1. The Kier molecular flexibility index (Phi) is 4.75. The smallest absolute Gasteiger partial charge is 0.233 e. The molecule has 0 saturated carbocycles. The predicted octanol–water partition coefficient (Wildman–Crippen LogP) is 3.19. The fourth-order valence-electron chi connectivity index (χ4n) is 6.57. The summed E-state index contributed by atoms with van der Waals surface area (Å²) in [4.78, 5) is 54.2. The Morgan fingerprint density at radius 3 is 2.69 bits per heavy atom. The summed E-state index contributed by atoms with van der Waals surface area (Å²) < 4.78 is 5.88. The highest BCUT2D eigenvalue weighted by atomic mass is 16.5. The molecule has 0 bridgehead atoms. The lowest BCUT2D eigenvalue weighted by Gasteiger charge is -2.43. The Morgan fingerprint density at radius 2 is 1.91 bits per heavy atom. The number of Topliss-reactive ketones (excluding diaryl/α,β-unsaturated/α-hetero) is 1. The van der Waals surface area contributed by atoms with Gasteiger partial charge in [-0.1, -0.05) is 11.6 Å². The van der Waals surface area contributed by atoms with Crippen molar-refractivity contribution < 1.29 is 29.0 Å². The van der Waals surface area contributed by atoms with Gasteiger partial charge in [0.25, 0.3) is 0 Å². The SMILES string of the molecule is CCN1C(=O)C2CC=C3C(C4=COc5ccc(O)cc5C4)C4=C(CC3C2C1=O)C(=O)C(C)=CC4=O. The number of amides is 2. The number of ether oxygens (including phenoxy) is 1. The minimum absolute atomic E-state index is 0.118. The fraction of sp³-hybridized carbons (Fsp3) is 0.357. The third-order valence-electron chi connectivity index (χ3n) is 8.12. The van der Waals surface area contributed by atoms with Gasteiger partial charge in [-0.15, -0.1) is 0 Å². The highest BCUT2D eigenvalue weighted by Gasteiger charge is 2.56. The van der Waals surface area contributed by atoms with Gasteiger partial charge in [0.15, 0.2) is 11.6 Å². The van der Waals surface area contributed by atoms with Crippen molar-refractivity contribution in [3.63, 3.8) is 0 Å². The minimum atomic E-state index is -0.533. The van der Waals surface area contributed by atoms with E-state index in [0.29, 0.717) is 41.9 Å². The maximum Gasteiger partial charge on any atom is 0.233 e. The summed E-state index contributed by atoms with van der Waals surface area (Å²) in [6.07, 6.45) is 6.17. The molecule has 0 radical (unpaired) electrons. The monoisotopic (exact) mass is 471 g/mol. The molecular weight excluding hydrogens is 446 g/mol. The number of benzene rings is 1. The van der Waals surface area contributed by atoms with E-state index in [9.17, 15) is 24.3 Å². The van der Waals surface area contributed by atoms with Gasteiger partial charge in [0.05, 0.1) is 18.1 Å². The molecule has 0 spiro atoms. The van der Waals surface area contributed by atoms with Gasteiger partial charge in [-0.3, -0.25) is 24.1 Å². The molecule has 1 aromatic carbocycles. The summed E-state index contributed by atoms with van der Waals surface area (Å²) in [7, 11) is 0. The van der Waals surface area contributed by atoms with Crippen LogP contribution in [0.3, 0.4) is 0 Å². The van der Waals surface area contributed by atoms with Crippen molar-refractivity contribution in [2.75, 3.05) is 6.54 Å². The summed E-state index contributed by atoms with van der Waals surface area (Å²) in [5.74, 6) is -1.78. The van der Waals surface area contributed by atoms with Gasteiger partial charge in [-0.25, -0.2) is 0 Å². The minimum Gasteiger partial charge on any atom is -0.508 e. The van der Waals surface area contributed by atoms with E-state index in [1.165, 1.54) is 11.0 Å². The summed E-state index contributed by atoms with van der Waals surface area (Å²) in [5, 5.41) is 9.99. The van der Waals surface area contributed by atoms with Gasteiger partial charge in [0.2, 0.25) is 11.8 Å². The van der Waals surface area contributed by atoms with Crippen molar-refractivity contribution in [2.24, 2.45) is 23.7 Å². The lowest BCUT2D eigenvalue weighted by atomic mass is 9.58. The second-order valence-electron chi connectivity index (χ2n) is 9.93. The first kappa shape index (κ1) is 21.8. The zero-order chi connectivity index (χ0) is 24.6. The first-order chi connectivity index (χ1) is 16.8. The number of likely N-dealkylation sites (tertiary alicyclic amines) is 1. The van der Waals surface area contributed by atoms with Gasteiger partial charge in [0, 0.05) is 41.2 Å². The normalized spacial score (nSPS) is 29.5. The molecule has 178 valence electrons. The van der Waals surface area contributed by atoms with Crippen LogP contribution in [-0.2, 0) is 25.6 Å². The van der Waals surface area contributed by atoms with Gasteiger partial charge >= 0.3 is 0 Å². The van der Waals surface area contributed by atoms with E-state index in [2.05, 4.69) is 0 Å². The number of nitrogens with zero attached hydrogens (tertiary/aromatic N) is 1. The molecule has 7 nitrogen and oxygen atoms in total. The topological polar surface area (TPSA) is 101 Å². The number of phenols is 1. The number of rotatable bonds is 2. The maximum absolute atomic E-state index is 13.3. The van der Waals surface area contributed by atoms with Gasteiger partial charge in [-0.05, 0) is 62.5 Å². The van der Waals surface area contributed by atoms with Crippen LogP contribution in [0.4, 0.5) is 0 Å². The molecule has 7 heteroatoms. The van der Waals surface area contributed by atoms with E-state index in [1.54, 1.807) is 38.3 Å². The summed E-state index contributed by atoms with van der Waals surface area (Å²) in [6, 6.07) is 4.89. The van der Waals surface area contributed by atoms with Crippen molar-refractivity contribution in [3.05, 3.63) is 70.0 Å². The van der Waals surface area contributed by atoms with Crippen LogP contribution >= 0.6 is 0 Å². The van der Waals surface area contributed by atoms with Crippen LogP contribution in [0.25, 0.3) is 0 Å². The Labute approximate surface area is 202 Å². The molecule has 2 aliphatic heterocycles. The van der Waals surface area contributed by atoms with Crippen LogP contribution in [0.15, 0.2) is 64.5 Å². The molecule has 5 aliphatic rings. The van der Waals surface area contributed by atoms with Crippen molar-refractivity contribution in [1.82, 2.24) is 4.90 Å². The molecule has 2 amide bonds. The van der Waals surface area contributed by atoms with Gasteiger partial charge in [-0.2, -0.15) is 0 Å². The number of hydrogen-bond donors (Lipinski definition) is 1. The average molecular weight is 472 g/mol. The lowest BCUT2D eigenvalue weighted by Crippen LogP contribution is -2.41. The molecular formula is C28H25NO6. The molecule has 3 aliphatic carbocycles. The van der Waals surface area contributed by atoms with E-state index < -0.39 is 17.8 Å². The Hall–Kier alpha value is -3.74. The average Bonchev–Trinajstić information content (AvgIpc) is 3.10. The Balaban J connectivity index is 1.49. The van der Waals surface area contributed by atoms with E-state index in [1.807, 2.05) is 6.08 Å². The molecule has 1 fully saturated rings. The number of fused-ring (bicyclic) bond motifs is 4. The molecule has 4 atom stereocenters. The predicted molar refractivity (Wildman–Crippen MR) is 125 cm³/mol. The van der Waals surface area contributed by atoms with Gasteiger partial charge in [0.1, 0.15) is 11.5 Å². The van der Waals surface area contributed by atoms with Gasteiger partial charge < -0.3 is 9.84 Å². The molecule has 1 saturated heterocycles. The molecule has 1 aromatic rings. The largest absolute Gasteiger partial charge is 0.508 e. The molecule has 35 heavy (non-hydrogen) atoms. The van der Waals surface area contributed by atoms with E-state index in [0.717, 1.165) is 16.7 Å². The number of carbonyl (C=O) groups is 4. The summed E-state index contributed by atoms with van der Waals surface area (Å²) in [5.41, 5.74) is 3.77. The van der Waals surface area contributed by atoms with E-state index >= 15 is 0 Å². The highest BCUT2D eigenvalue weighted by molar-refractivity contribution is 6.23. The van der Waals surface area contributed by atoms with Crippen molar-refractivity contribution in [1.29, 1.82) is 0 Å². The first-order valence-corrected chi connectivity index (χ1v) is 12.0. The first-order valence-electron chi connectivity index (χ1n) is 12.0. The Morgan fingerprint density at radius 1 is 1.11 bits per heavy atom. The molecule has 0 aromatic heterocycles. The quantitative estimate of drug-likeness (QED) is 0.404. The number of ketones is 2. The van der Waals surface area contributed by atoms with Crippen LogP contribution in [0, 0.1) is 23.7 Å². The van der Waals surface area contributed by atoms with Crippen molar-refractivity contribution in [2.45, 2.75) is 33.1 Å². The van der Waals surface area contributed by atoms with E-state index in [4.69, 9.17) is 4.74 Å². The summed E-state index contributed by atoms with van der Waals surface area (Å²) >= 11 is 0. The van der Waals surface area contributed by atoms with Crippen LogP contribution < -0.4 is 4.74 Å². The number of carbonyl (C=O) groups excluding carboxylic acids is 4. The number of aromatic hydroxyl groups is 1. The van der Waals surface area contributed by atoms with E-state index in [-0.39, 0.29) is 41.5 Å². The number of hydrogen-bond acceptors (Lipinski definition) is 6. The molecule has 6 rings (SSSR count). The van der Waals surface area contributed by atoms with Crippen molar-refractivity contribution >= 4 is 23.4 Å². The third kappa shape index (κ3) is 3.03. The zero-order valence-electron chi connectivity index (χ0n) is 19.5. The van der Waals surface area contributed by atoms with Crippen LogP contribution in [0.2, 0.25) is 0 Å². The fourth-order valence-corrected chi connectivity index (χ4v) is 6.57. The highest BCUT2D eigenvalue weighted by Crippen LogP contribution is 2.54. The zero-order valence-corrected chi connectivity index (χ0v) is 19.5. The third-order valence-corrected chi connectivity index (χ3v) is 8.12. The van der Waals surface area contributed by atoms with Crippen molar-refractivity contribution in [3.8, 4) is 11.5 Å². The maximum atomic E-state index is 13.3. The molecule has 2 heterocycles. The standard InChI is InChI=1S/C28H25NO6/c1-3-29-27(33)18-6-5-17-19(24(18)28(29)34)11-20-25(21(31)8-13(2)26(20)32)23(17)15-9-14-10-16(30)4-7-22(14)35-12-15/h4-5,7-8,10,12,18-19,23-24,30H,3,6,9,11H2,1-2H3. The van der Waals surface area contributed by atoms with Crippen LogP contribution in [-0.4, -0.2) is 39.9 Å². The molecule has 4 unspecified atom stereocenters. The van der Waals surface area contributed by atoms with Crippen LogP contribution in [0.1, 0.15) is 32.3 Å².